The van der Waals surface area contributed by atoms with Gasteiger partial charge in [-0.3, -0.25) is 24.5 Å². The fraction of sp³-hybridized carbons (Fsp3) is 0.367. The van der Waals surface area contributed by atoms with E-state index in [0.717, 1.165) is 17.2 Å². The summed E-state index contributed by atoms with van der Waals surface area (Å²) in [7, 11) is 1.16. The quantitative estimate of drug-likeness (QED) is 0.249. The number of rotatable bonds is 10. The van der Waals surface area contributed by atoms with Crippen LogP contribution in [0.2, 0.25) is 0 Å². The molecule has 43 heavy (non-hydrogen) atoms. The maximum atomic E-state index is 13.4. The highest BCUT2D eigenvalue weighted by molar-refractivity contribution is 5.84. The van der Waals surface area contributed by atoms with Crippen LogP contribution in [0.25, 0.3) is 11.4 Å². The molecule has 0 aliphatic heterocycles. The van der Waals surface area contributed by atoms with Crippen LogP contribution in [0.1, 0.15) is 56.8 Å². The van der Waals surface area contributed by atoms with Crippen molar-refractivity contribution in [2.75, 3.05) is 12.4 Å². The average molecular weight is 590 g/mol. The second kappa shape index (κ2) is 12.9. The molecule has 3 N–H and O–H groups in total. The Kier molecular flexibility index (Phi) is 9.34. The van der Waals surface area contributed by atoms with E-state index in [2.05, 4.69) is 35.5 Å². The first-order valence-electron chi connectivity index (χ1n) is 13.7. The predicted molar refractivity (Wildman–Crippen MR) is 157 cm³/mol. The van der Waals surface area contributed by atoms with Crippen LogP contribution >= 0.6 is 0 Å². The lowest BCUT2D eigenvalue weighted by Crippen LogP contribution is -2.45. The number of aromatic nitrogens is 5. The van der Waals surface area contributed by atoms with Gasteiger partial charge in [0.25, 0.3) is 5.56 Å². The molecule has 4 aromatic rings. The van der Waals surface area contributed by atoms with E-state index in [1.807, 2.05) is 52.8 Å². The lowest BCUT2D eigenvalue weighted by molar-refractivity contribution is -0.124. The molecule has 13 nitrogen and oxygen atoms in total. The molecule has 3 heterocycles. The van der Waals surface area contributed by atoms with Gasteiger partial charge in [0.1, 0.15) is 18.1 Å². The number of carbonyl (C=O) groups is 2. The van der Waals surface area contributed by atoms with Gasteiger partial charge in [-0.1, -0.05) is 50.2 Å². The molecule has 0 aliphatic carbocycles. The number of nitrogens with one attached hydrogen (secondary N) is 2. The zero-order chi connectivity index (χ0) is 31.3. The van der Waals surface area contributed by atoms with Crippen molar-refractivity contribution in [1.29, 1.82) is 0 Å². The predicted octanol–water partition coefficient (Wildman–Crippen LogP) is 3.38. The van der Waals surface area contributed by atoms with E-state index in [1.54, 1.807) is 30.5 Å². The number of amides is 2. The van der Waals surface area contributed by atoms with Gasteiger partial charge in [0, 0.05) is 11.8 Å². The van der Waals surface area contributed by atoms with Gasteiger partial charge in [-0.15, -0.1) is 10.2 Å². The van der Waals surface area contributed by atoms with Gasteiger partial charge in [-0.05, 0) is 38.3 Å². The Morgan fingerprint density at radius 1 is 1.07 bits per heavy atom. The van der Waals surface area contributed by atoms with Crippen molar-refractivity contribution in [3.8, 4) is 11.4 Å². The molecule has 4 rings (SSSR count). The molecule has 0 radical (unpaired) electrons. The molecule has 0 aliphatic rings. The first-order valence-corrected chi connectivity index (χ1v) is 13.7. The number of nitrogens with zero attached hydrogens (tertiary/aromatic N) is 5. The van der Waals surface area contributed by atoms with Crippen LogP contribution in [0.4, 0.5) is 10.5 Å². The highest BCUT2D eigenvalue weighted by Crippen LogP contribution is 2.31. The maximum absolute atomic E-state index is 13.4. The largest absolute Gasteiger partial charge is 0.453 e. The van der Waals surface area contributed by atoms with E-state index in [-0.39, 0.29) is 29.2 Å². The molecule has 0 saturated carbocycles. The van der Waals surface area contributed by atoms with Crippen molar-refractivity contribution in [3.05, 3.63) is 88.3 Å². The van der Waals surface area contributed by atoms with Crippen LogP contribution in [-0.4, -0.2) is 55.0 Å². The number of anilines is 1. The van der Waals surface area contributed by atoms with Crippen LogP contribution in [0.3, 0.4) is 0 Å². The van der Waals surface area contributed by atoms with E-state index in [9.17, 15) is 19.5 Å². The van der Waals surface area contributed by atoms with Crippen LogP contribution in [0.5, 0.6) is 0 Å². The van der Waals surface area contributed by atoms with Crippen LogP contribution in [0.15, 0.2) is 64.1 Å². The first kappa shape index (κ1) is 31.0. The van der Waals surface area contributed by atoms with Crippen LogP contribution in [-0.2, 0) is 21.5 Å². The van der Waals surface area contributed by atoms with Crippen LogP contribution in [0, 0.1) is 12.8 Å². The Hall–Kier alpha value is -4.91. The number of aliphatic hydroxyl groups excluding tert-OH is 1. The molecule has 0 spiro atoms. The van der Waals surface area contributed by atoms with Gasteiger partial charge in [0.2, 0.25) is 17.7 Å². The van der Waals surface area contributed by atoms with E-state index >= 15 is 0 Å². The Morgan fingerprint density at radius 3 is 2.42 bits per heavy atom. The summed E-state index contributed by atoms with van der Waals surface area (Å²) in [5.41, 5.74) is 0.751. The number of aliphatic hydroxyl groups is 1. The zero-order valence-electron chi connectivity index (χ0n) is 24.9. The smallest absolute Gasteiger partial charge is 0.411 e. The van der Waals surface area contributed by atoms with E-state index < -0.39 is 41.7 Å². The third-order valence-electron chi connectivity index (χ3n) is 6.97. The minimum Gasteiger partial charge on any atom is -0.453 e. The number of methoxy groups -OCH3 is 1. The summed E-state index contributed by atoms with van der Waals surface area (Å²) in [6.45, 7) is 8.89. The summed E-state index contributed by atoms with van der Waals surface area (Å²) < 4.78 is 11.6. The lowest BCUT2D eigenvalue weighted by atomic mass is 9.88. The third kappa shape index (κ3) is 6.95. The minimum atomic E-state index is -1.34. The fourth-order valence-electron chi connectivity index (χ4n) is 4.40. The second-order valence-corrected chi connectivity index (χ2v) is 10.9. The van der Waals surface area contributed by atoms with Crippen molar-refractivity contribution < 1.29 is 23.8 Å². The zero-order valence-corrected chi connectivity index (χ0v) is 24.9. The summed E-state index contributed by atoms with van der Waals surface area (Å²) in [4.78, 5) is 47.3. The highest BCUT2D eigenvalue weighted by Gasteiger charge is 2.35. The number of aryl methyl sites for hydroxylation is 1. The summed E-state index contributed by atoms with van der Waals surface area (Å²) in [6, 6.07) is 11.8. The molecular weight excluding hydrogens is 554 g/mol. The number of ether oxygens (including phenoxy) is 1. The SMILES string of the molecule is COC(=O)Nc1cnc(-c2ccccc2)n(CC(=O)N[C@@H](C(C)C)C(O)c2nnc(C(C)(C)c3ccc(C)cn3)o2)c1=O. The monoisotopic (exact) mass is 589 g/mol. The summed E-state index contributed by atoms with van der Waals surface area (Å²) >= 11 is 0. The van der Waals surface area contributed by atoms with Crippen molar-refractivity contribution in [3.63, 3.8) is 0 Å². The van der Waals surface area contributed by atoms with Gasteiger partial charge < -0.3 is 19.6 Å². The van der Waals surface area contributed by atoms with Gasteiger partial charge in [0.15, 0.2) is 6.10 Å². The van der Waals surface area contributed by atoms with E-state index in [4.69, 9.17) is 4.42 Å². The third-order valence-corrected chi connectivity index (χ3v) is 6.97. The molecule has 226 valence electrons. The Balaban J connectivity index is 1.59. The molecule has 1 aromatic carbocycles. The molecule has 0 bridgehead atoms. The summed E-state index contributed by atoms with van der Waals surface area (Å²) in [6.07, 6.45) is 0.754. The molecule has 2 atom stereocenters. The second-order valence-electron chi connectivity index (χ2n) is 10.9. The molecule has 0 saturated heterocycles. The molecule has 3 aromatic heterocycles. The standard InChI is InChI=1S/C30H35N7O6/c1-17(2)23(24(39)26-35-36-28(43-26)30(4,5)21-13-12-18(3)14-31-21)34-22(38)16-37-25(19-10-8-7-9-11-19)32-15-20(27(37)40)33-29(41)42-6/h7-15,17,23-24,39H,16H2,1-6H3,(H,33,41)(H,34,38)/t23-,24?/m0/s1. The van der Waals surface area contributed by atoms with Crippen molar-refractivity contribution >= 4 is 17.7 Å². The van der Waals surface area contributed by atoms with E-state index in [1.165, 1.54) is 6.20 Å². The van der Waals surface area contributed by atoms with Crippen LogP contribution < -0.4 is 16.2 Å². The normalized spacial score (nSPS) is 12.9. The number of benzene rings is 1. The average Bonchev–Trinajstić information content (AvgIpc) is 3.50. The Bertz CT molecular complexity index is 1630. The first-order chi connectivity index (χ1) is 20.4. The highest BCUT2D eigenvalue weighted by atomic mass is 16.5. The molecule has 2 amide bonds. The number of hydrogen-bond donors (Lipinski definition) is 3. The fourth-order valence-corrected chi connectivity index (χ4v) is 4.40. The van der Waals surface area contributed by atoms with Crippen molar-refractivity contribution in [2.45, 2.75) is 58.7 Å². The molecular formula is C30H35N7O6. The Labute approximate surface area is 248 Å². The topological polar surface area (TPSA) is 174 Å². The Morgan fingerprint density at radius 2 is 1.79 bits per heavy atom. The van der Waals surface area contributed by atoms with Gasteiger partial charge in [0.05, 0.1) is 30.5 Å². The summed E-state index contributed by atoms with van der Waals surface area (Å²) in [5, 5.41) is 24.6. The number of carbonyl (C=O) groups excluding carboxylic acids is 2. The van der Waals surface area contributed by atoms with Gasteiger partial charge in [-0.25, -0.2) is 9.78 Å². The number of pyridine rings is 1. The minimum absolute atomic E-state index is 0.0673. The molecule has 0 fully saturated rings. The lowest BCUT2D eigenvalue weighted by Gasteiger charge is -2.26. The van der Waals surface area contributed by atoms with Crippen molar-refractivity contribution in [2.24, 2.45) is 5.92 Å². The molecule has 13 heteroatoms. The molecule has 1 unspecified atom stereocenters. The maximum Gasteiger partial charge on any atom is 0.411 e. The van der Waals surface area contributed by atoms with Crippen molar-refractivity contribution in [1.82, 2.24) is 30.0 Å². The number of hydrogen-bond acceptors (Lipinski definition) is 10. The summed E-state index contributed by atoms with van der Waals surface area (Å²) in [5.74, 6) is -0.449. The van der Waals surface area contributed by atoms with Gasteiger partial charge >= 0.3 is 6.09 Å². The van der Waals surface area contributed by atoms with E-state index in [0.29, 0.717) is 11.3 Å². The van der Waals surface area contributed by atoms with Gasteiger partial charge in [-0.2, -0.15) is 0 Å².